The van der Waals surface area contributed by atoms with Crippen LogP contribution in [0.2, 0.25) is 0 Å². The maximum Gasteiger partial charge on any atom is 0.264 e. The lowest BCUT2D eigenvalue weighted by Gasteiger charge is -2.24. The molecule has 25 heavy (non-hydrogen) atoms. The highest BCUT2D eigenvalue weighted by Gasteiger charge is 2.26. The van der Waals surface area contributed by atoms with Gasteiger partial charge in [0.15, 0.2) is 0 Å². The summed E-state index contributed by atoms with van der Waals surface area (Å²) in [6.45, 7) is 2.30. The van der Waals surface area contributed by atoms with Gasteiger partial charge in [-0.3, -0.25) is 9.10 Å². The first-order valence-corrected chi connectivity index (χ1v) is 10.3. The van der Waals surface area contributed by atoms with Gasteiger partial charge in [0, 0.05) is 11.0 Å². The molecule has 0 atom stereocenters. The molecule has 0 fully saturated rings. The van der Waals surface area contributed by atoms with Crippen LogP contribution in [-0.2, 0) is 14.8 Å². The van der Waals surface area contributed by atoms with Crippen LogP contribution in [0, 0.1) is 0 Å². The van der Waals surface area contributed by atoms with E-state index in [1.807, 2.05) is 6.92 Å². The highest BCUT2D eigenvalue weighted by Crippen LogP contribution is 2.25. The Bertz CT molecular complexity index is 793. The molecule has 0 saturated carbocycles. The van der Waals surface area contributed by atoms with Crippen molar-refractivity contribution in [2.45, 2.75) is 24.7 Å². The molecule has 1 amide bonds. The van der Waals surface area contributed by atoms with E-state index >= 15 is 0 Å². The number of halogens is 1. The van der Waals surface area contributed by atoms with Gasteiger partial charge in [0.25, 0.3) is 10.0 Å². The Hall–Kier alpha value is -1.86. The Morgan fingerprint density at radius 2 is 1.72 bits per heavy atom. The van der Waals surface area contributed by atoms with Crippen LogP contribution in [0.15, 0.2) is 64.0 Å². The number of sulfonamides is 1. The molecule has 2 rings (SSSR count). The average molecular weight is 425 g/mol. The van der Waals surface area contributed by atoms with Gasteiger partial charge in [-0.1, -0.05) is 47.5 Å². The average Bonchev–Trinajstić information content (AvgIpc) is 2.61. The molecule has 0 spiro atoms. The molecule has 0 aliphatic rings. The van der Waals surface area contributed by atoms with Crippen molar-refractivity contribution in [3.05, 3.63) is 59.1 Å². The number of hydrogen-bond donors (Lipinski definition) is 1. The van der Waals surface area contributed by atoms with E-state index in [2.05, 4.69) is 21.2 Å². The number of anilines is 1. The first-order chi connectivity index (χ1) is 11.9. The van der Waals surface area contributed by atoms with Crippen LogP contribution in [-0.4, -0.2) is 27.4 Å². The van der Waals surface area contributed by atoms with Crippen molar-refractivity contribution in [3.8, 4) is 0 Å². The number of amides is 1. The molecule has 0 saturated heterocycles. The molecule has 0 radical (unpaired) electrons. The van der Waals surface area contributed by atoms with Gasteiger partial charge in [-0.2, -0.15) is 0 Å². The van der Waals surface area contributed by atoms with E-state index < -0.39 is 10.0 Å². The zero-order valence-corrected chi connectivity index (χ0v) is 16.4. The molecule has 0 aliphatic heterocycles. The molecule has 2 aromatic rings. The van der Waals surface area contributed by atoms with Gasteiger partial charge in [0.1, 0.15) is 6.54 Å². The minimum absolute atomic E-state index is 0.152. The number of benzene rings is 2. The second kappa shape index (κ2) is 9.01. The number of rotatable bonds is 8. The van der Waals surface area contributed by atoms with Crippen LogP contribution in [0.5, 0.6) is 0 Å². The van der Waals surface area contributed by atoms with Gasteiger partial charge in [0.05, 0.1) is 10.6 Å². The molecule has 2 aromatic carbocycles. The Morgan fingerprint density at radius 3 is 2.32 bits per heavy atom. The van der Waals surface area contributed by atoms with E-state index in [4.69, 9.17) is 0 Å². The summed E-state index contributed by atoms with van der Waals surface area (Å²) >= 11 is 3.34. The highest BCUT2D eigenvalue weighted by molar-refractivity contribution is 9.10. The normalized spacial score (nSPS) is 11.1. The Balaban J connectivity index is 2.32. The molecule has 0 heterocycles. The van der Waals surface area contributed by atoms with Crippen molar-refractivity contribution in [1.29, 1.82) is 0 Å². The molecule has 0 aromatic heterocycles. The van der Waals surface area contributed by atoms with Crippen LogP contribution in [0.25, 0.3) is 0 Å². The molecule has 0 bridgehead atoms. The summed E-state index contributed by atoms with van der Waals surface area (Å²) in [5.41, 5.74) is 0.442. The second-order valence-corrected chi connectivity index (χ2v) is 8.28. The van der Waals surface area contributed by atoms with E-state index in [0.717, 1.165) is 21.6 Å². The topological polar surface area (TPSA) is 66.5 Å². The van der Waals surface area contributed by atoms with Gasteiger partial charge >= 0.3 is 0 Å². The number of hydrogen-bond acceptors (Lipinski definition) is 3. The zero-order valence-electron chi connectivity index (χ0n) is 14.0. The van der Waals surface area contributed by atoms with Gasteiger partial charge in [-0.15, -0.1) is 0 Å². The van der Waals surface area contributed by atoms with E-state index in [0.29, 0.717) is 12.2 Å². The molecule has 1 N–H and O–H groups in total. The van der Waals surface area contributed by atoms with Gasteiger partial charge in [-0.05, 0) is 42.8 Å². The Kier molecular flexibility index (Phi) is 7.01. The van der Waals surface area contributed by atoms with Crippen molar-refractivity contribution in [1.82, 2.24) is 5.32 Å². The molecule has 134 valence electrons. The van der Waals surface area contributed by atoms with Crippen LogP contribution in [0.1, 0.15) is 19.8 Å². The van der Waals surface area contributed by atoms with E-state index in [9.17, 15) is 13.2 Å². The molecule has 0 unspecified atom stereocenters. The standard InChI is InChI=1S/C18H21BrN2O3S/c1-2-3-13-20-18(22)14-21(16-11-9-15(19)10-12-16)25(23,24)17-7-5-4-6-8-17/h4-12H,2-3,13-14H2,1H3,(H,20,22). The fourth-order valence-electron chi connectivity index (χ4n) is 2.23. The third kappa shape index (κ3) is 5.31. The zero-order chi connectivity index (χ0) is 18.3. The largest absolute Gasteiger partial charge is 0.355 e. The lowest BCUT2D eigenvalue weighted by Crippen LogP contribution is -2.41. The van der Waals surface area contributed by atoms with Gasteiger partial charge in [0.2, 0.25) is 5.91 Å². The third-order valence-electron chi connectivity index (χ3n) is 3.59. The van der Waals surface area contributed by atoms with E-state index in [1.54, 1.807) is 42.5 Å². The van der Waals surface area contributed by atoms with Crippen LogP contribution in [0.4, 0.5) is 5.69 Å². The Labute approximate surface area is 157 Å². The number of nitrogens with zero attached hydrogens (tertiary/aromatic N) is 1. The highest BCUT2D eigenvalue weighted by atomic mass is 79.9. The Morgan fingerprint density at radius 1 is 1.08 bits per heavy atom. The summed E-state index contributed by atoms with van der Waals surface area (Å²) in [6, 6.07) is 15.0. The lowest BCUT2D eigenvalue weighted by molar-refractivity contribution is -0.119. The smallest absolute Gasteiger partial charge is 0.264 e. The summed E-state index contributed by atoms with van der Waals surface area (Å²) in [7, 11) is -3.84. The molecule has 0 aliphatic carbocycles. The third-order valence-corrected chi connectivity index (χ3v) is 5.90. The number of carbonyl (C=O) groups excluding carboxylic acids is 1. The van der Waals surface area contributed by atoms with E-state index in [1.165, 1.54) is 12.1 Å². The minimum atomic E-state index is -3.84. The van der Waals surface area contributed by atoms with Crippen molar-refractivity contribution >= 4 is 37.5 Å². The van der Waals surface area contributed by atoms with Crippen molar-refractivity contribution in [2.24, 2.45) is 0 Å². The van der Waals surface area contributed by atoms with Crippen molar-refractivity contribution in [2.75, 3.05) is 17.4 Å². The fraction of sp³-hybridized carbons (Fsp3) is 0.278. The summed E-state index contributed by atoms with van der Waals surface area (Å²) in [6.07, 6.45) is 1.81. The SMILES string of the molecule is CCCCNC(=O)CN(c1ccc(Br)cc1)S(=O)(=O)c1ccccc1. The number of unbranched alkanes of at least 4 members (excludes halogenated alkanes) is 1. The first kappa shape index (κ1) is 19.5. The lowest BCUT2D eigenvalue weighted by atomic mass is 10.3. The predicted octanol–water partition coefficient (Wildman–Crippen LogP) is 3.56. The predicted molar refractivity (Wildman–Crippen MR) is 103 cm³/mol. The summed E-state index contributed by atoms with van der Waals surface area (Å²) in [5, 5.41) is 2.76. The summed E-state index contributed by atoms with van der Waals surface area (Å²) in [4.78, 5) is 12.4. The molecular weight excluding hydrogens is 404 g/mol. The maximum atomic E-state index is 13.0. The van der Waals surface area contributed by atoms with Crippen molar-refractivity contribution in [3.63, 3.8) is 0 Å². The van der Waals surface area contributed by atoms with Crippen LogP contribution >= 0.6 is 15.9 Å². The first-order valence-electron chi connectivity index (χ1n) is 8.05. The number of nitrogens with one attached hydrogen (secondary N) is 1. The summed E-state index contributed by atoms with van der Waals surface area (Å²) < 4.78 is 28.0. The van der Waals surface area contributed by atoms with Gasteiger partial charge in [-0.25, -0.2) is 8.42 Å². The second-order valence-electron chi connectivity index (χ2n) is 5.50. The van der Waals surface area contributed by atoms with Crippen LogP contribution < -0.4 is 9.62 Å². The number of carbonyl (C=O) groups is 1. The maximum absolute atomic E-state index is 13.0. The van der Waals surface area contributed by atoms with E-state index in [-0.39, 0.29) is 17.3 Å². The van der Waals surface area contributed by atoms with Crippen molar-refractivity contribution < 1.29 is 13.2 Å². The summed E-state index contributed by atoms with van der Waals surface area (Å²) in [5.74, 6) is -0.323. The monoisotopic (exact) mass is 424 g/mol. The van der Waals surface area contributed by atoms with Crippen LogP contribution in [0.3, 0.4) is 0 Å². The minimum Gasteiger partial charge on any atom is -0.355 e. The molecule has 7 heteroatoms. The fourth-order valence-corrected chi connectivity index (χ4v) is 3.94. The molecule has 5 nitrogen and oxygen atoms in total. The molecular formula is C18H21BrN2O3S. The van der Waals surface area contributed by atoms with Gasteiger partial charge < -0.3 is 5.32 Å². The quantitative estimate of drug-likeness (QED) is 0.658.